The number of hydrogen-bond donors (Lipinski definition) is 1. The molecule has 20 heavy (non-hydrogen) atoms. The van der Waals surface area contributed by atoms with Gasteiger partial charge in [-0.1, -0.05) is 54.1 Å². The maximum atomic E-state index is 6.24. The van der Waals surface area contributed by atoms with Crippen molar-refractivity contribution < 1.29 is 0 Å². The summed E-state index contributed by atoms with van der Waals surface area (Å²) in [5.41, 5.74) is 1.07. The van der Waals surface area contributed by atoms with Crippen molar-refractivity contribution in [2.24, 2.45) is 0 Å². The van der Waals surface area contributed by atoms with E-state index in [0.717, 1.165) is 21.8 Å². The molecular weight excluding hydrogens is 268 g/mol. The lowest BCUT2D eigenvalue weighted by molar-refractivity contribution is 0.878. The van der Waals surface area contributed by atoms with Gasteiger partial charge in [0, 0.05) is 16.6 Å². The summed E-state index contributed by atoms with van der Waals surface area (Å²) >= 11 is 6.24. The molecule has 0 fully saturated rings. The predicted molar refractivity (Wildman–Crippen MR) is 85.2 cm³/mol. The van der Waals surface area contributed by atoms with E-state index in [1.807, 2.05) is 48.7 Å². The van der Waals surface area contributed by atoms with Crippen molar-refractivity contribution in [3.8, 4) is 0 Å². The Morgan fingerprint density at radius 1 is 1.00 bits per heavy atom. The molecule has 0 aliphatic rings. The molecule has 100 valence electrons. The molecule has 0 radical (unpaired) electrons. The Bertz CT molecular complexity index is 734. The minimum atomic E-state index is 0.0991. The van der Waals surface area contributed by atoms with Gasteiger partial charge in [0.15, 0.2) is 0 Å². The molecule has 0 amide bonds. The van der Waals surface area contributed by atoms with Crippen LogP contribution in [0, 0.1) is 0 Å². The van der Waals surface area contributed by atoms with E-state index in [0.29, 0.717) is 0 Å². The maximum Gasteiger partial charge on any atom is 0.134 e. The summed E-state index contributed by atoms with van der Waals surface area (Å²) in [6.45, 7) is 2.09. The lowest BCUT2D eigenvalue weighted by Crippen LogP contribution is -2.08. The SMILES string of the molecule is CC(Nc1nccc2ccccc12)c1ccccc1Cl. The van der Waals surface area contributed by atoms with Gasteiger partial charge in [-0.2, -0.15) is 0 Å². The van der Waals surface area contributed by atoms with Gasteiger partial charge in [-0.3, -0.25) is 0 Å². The molecule has 0 saturated carbocycles. The normalized spacial score (nSPS) is 12.3. The lowest BCUT2D eigenvalue weighted by Gasteiger charge is -2.17. The van der Waals surface area contributed by atoms with Crippen LogP contribution in [-0.2, 0) is 0 Å². The molecule has 3 aromatic rings. The highest BCUT2D eigenvalue weighted by atomic mass is 35.5. The van der Waals surface area contributed by atoms with Crippen LogP contribution in [0.25, 0.3) is 10.8 Å². The fourth-order valence-corrected chi connectivity index (χ4v) is 2.64. The van der Waals surface area contributed by atoms with Crippen molar-refractivity contribution in [1.29, 1.82) is 0 Å². The number of benzene rings is 2. The first-order chi connectivity index (χ1) is 9.75. The molecular formula is C17H15ClN2. The second kappa shape index (κ2) is 5.51. The zero-order valence-corrected chi connectivity index (χ0v) is 11.9. The van der Waals surface area contributed by atoms with E-state index in [2.05, 4.69) is 29.4 Å². The first-order valence-corrected chi connectivity index (χ1v) is 6.98. The van der Waals surface area contributed by atoms with E-state index in [-0.39, 0.29) is 6.04 Å². The average Bonchev–Trinajstić information content (AvgIpc) is 2.48. The van der Waals surface area contributed by atoms with Crippen molar-refractivity contribution >= 4 is 28.2 Å². The summed E-state index contributed by atoms with van der Waals surface area (Å²) < 4.78 is 0. The predicted octanol–water partition coefficient (Wildman–Crippen LogP) is 5.06. The number of halogens is 1. The summed E-state index contributed by atoms with van der Waals surface area (Å²) in [6, 6.07) is 18.2. The van der Waals surface area contributed by atoms with Crippen LogP contribution >= 0.6 is 11.6 Å². The molecule has 1 heterocycles. The second-order valence-electron chi connectivity index (χ2n) is 4.77. The van der Waals surface area contributed by atoms with Crippen LogP contribution in [0.1, 0.15) is 18.5 Å². The van der Waals surface area contributed by atoms with Crippen molar-refractivity contribution in [2.45, 2.75) is 13.0 Å². The van der Waals surface area contributed by atoms with Crippen molar-refractivity contribution in [1.82, 2.24) is 4.98 Å². The fraction of sp³-hybridized carbons (Fsp3) is 0.118. The Morgan fingerprint density at radius 2 is 1.75 bits per heavy atom. The van der Waals surface area contributed by atoms with E-state index in [1.165, 1.54) is 5.39 Å². The summed E-state index contributed by atoms with van der Waals surface area (Å²) in [4.78, 5) is 4.45. The number of aromatic nitrogens is 1. The number of pyridine rings is 1. The van der Waals surface area contributed by atoms with Crippen LogP contribution < -0.4 is 5.32 Å². The number of nitrogens with zero attached hydrogens (tertiary/aromatic N) is 1. The van der Waals surface area contributed by atoms with Crippen LogP contribution in [0.15, 0.2) is 60.8 Å². The van der Waals surface area contributed by atoms with Crippen LogP contribution in [0.5, 0.6) is 0 Å². The molecule has 0 bridgehead atoms. The molecule has 3 heteroatoms. The molecule has 0 spiro atoms. The number of nitrogens with one attached hydrogen (secondary N) is 1. The highest BCUT2D eigenvalue weighted by Gasteiger charge is 2.10. The largest absolute Gasteiger partial charge is 0.363 e. The second-order valence-corrected chi connectivity index (χ2v) is 5.18. The Hall–Kier alpha value is -2.06. The van der Waals surface area contributed by atoms with E-state index in [4.69, 9.17) is 11.6 Å². The third-order valence-electron chi connectivity index (χ3n) is 3.40. The minimum absolute atomic E-state index is 0.0991. The van der Waals surface area contributed by atoms with Gasteiger partial charge in [-0.25, -0.2) is 4.98 Å². The molecule has 2 aromatic carbocycles. The molecule has 0 aliphatic heterocycles. The highest BCUT2D eigenvalue weighted by molar-refractivity contribution is 6.31. The van der Waals surface area contributed by atoms with Gasteiger partial charge in [0.2, 0.25) is 0 Å². The zero-order valence-electron chi connectivity index (χ0n) is 11.2. The molecule has 1 N–H and O–H groups in total. The van der Waals surface area contributed by atoms with Gasteiger partial charge in [-0.15, -0.1) is 0 Å². The highest BCUT2D eigenvalue weighted by Crippen LogP contribution is 2.28. The first-order valence-electron chi connectivity index (χ1n) is 6.60. The standard InChI is InChI=1S/C17H15ClN2/c1-12(14-7-4-5-9-16(14)18)20-17-15-8-3-2-6-13(15)10-11-19-17/h2-12H,1H3,(H,19,20). The van der Waals surface area contributed by atoms with Crippen molar-refractivity contribution in [2.75, 3.05) is 5.32 Å². The van der Waals surface area contributed by atoms with E-state index in [9.17, 15) is 0 Å². The first kappa shape index (κ1) is 12.9. The third kappa shape index (κ3) is 2.47. The summed E-state index contributed by atoms with van der Waals surface area (Å²) in [5, 5.41) is 6.51. The number of fused-ring (bicyclic) bond motifs is 1. The maximum absolute atomic E-state index is 6.24. The number of rotatable bonds is 3. The fourth-order valence-electron chi connectivity index (χ4n) is 2.34. The van der Waals surface area contributed by atoms with Crippen LogP contribution in [0.3, 0.4) is 0 Å². The Labute approximate surface area is 123 Å². The Kier molecular flexibility index (Phi) is 3.57. The quantitative estimate of drug-likeness (QED) is 0.726. The van der Waals surface area contributed by atoms with Gasteiger partial charge >= 0.3 is 0 Å². The van der Waals surface area contributed by atoms with Crippen molar-refractivity contribution in [3.63, 3.8) is 0 Å². The third-order valence-corrected chi connectivity index (χ3v) is 3.74. The van der Waals surface area contributed by atoms with Crippen molar-refractivity contribution in [3.05, 3.63) is 71.4 Å². The van der Waals surface area contributed by atoms with Crippen LogP contribution in [0.2, 0.25) is 5.02 Å². The van der Waals surface area contributed by atoms with Crippen LogP contribution in [0.4, 0.5) is 5.82 Å². The van der Waals surface area contributed by atoms with Gasteiger partial charge in [-0.05, 0) is 30.0 Å². The molecule has 3 rings (SSSR count). The Balaban J connectivity index is 1.96. The molecule has 0 saturated heterocycles. The molecule has 2 nitrogen and oxygen atoms in total. The minimum Gasteiger partial charge on any atom is -0.363 e. The average molecular weight is 283 g/mol. The van der Waals surface area contributed by atoms with Gasteiger partial charge < -0.3 is 5.32 Å². The topological polar surface area (TPSA) is 24.9 Å². The summed E-state index contributed by atoms with van der Waals surface area (Å²) in [5.74, 6) is 0.885. The summed E-state index contributed by atoms with van der Waals surface area (Å²) in [7, 11) is 0. The zero-order chi connectivity index (χ0) is 13.9. The van der Waals surface area contributed by atoms with E-state index in [1.54, 1.807) is 0 Å². The van der Waals surface area contributed by atoms with E-state index >= 15 is 0 Å². The smallest absolute Gasteiger partial charge is 0.134 e. The van der Waals surface area contributed by atoms with E-state index < -0.39 is 0 Å². The van der Waals surface area contributed by atoms with Gasteiger partial charge in [0.05, 0.1) is 6.04 Å². The van der Waals surface area contributed by atoms with Crippen LogP contribution in [-0.4, -0.2) is 4.98 Å². The monoisotopic (exact) mass is 282 g/mol. The van der Waals surface area contributed by atoms with Gasteiger partial charge in [0.1, 0.15) is 5.82 Å². The number of anilines is 1. The molecule has 0 aliphatic carbocycles. The lowest BCUT2D eigenvalue weighted by atomic mass is 10.1. The Morgan fingerprint density at radius 3 is 2.60 bits per heavy atom. The molecule has 1 unspecified atom stereocenters. The number of hydrogen-bond acceptors (Lipinski definition) is 2. The van der Waals surface area contributed by atoms with Gasteiger partial charge in [0.25, 0.3) is 0 Å². The molecule has 1 atom stereocenters. The molecule has 1 aromatic heterocycles. The summed E-state index contributed by atoms with van der Waals surface area (Å²) in [6.07, 6.45) is 1.82.